The van der Waals surface area contributed by atoms with Crippen molar-refractivity contribution in [1.29, 1.82) is 0 Å². The van der Waals surface area contributed by atoms with Gasteiger partial charge in [0.15, 0.2) is 0 Å². The molecule has 5 rings (SSSR count). The van der Waals surface area contributed by atoms with Crippen LogP contribution in [0.15, 0.2) is 30.3 Å². The van der Waals surface area contributed by atoms with Gasteiger partial charge in [-0.3, -0.25) is 4.79 Å². The Hall–Kier alpha value is -2.21. The highest BCUT2D eigenvalue weighted by molar-refractivity contribution is 5.94. The highest BCUT2D eigenvalue weighted by Crippen LogP contribution is 2.28. The van der Waals surface area contributed by atoms with Crippen molar-refractivity contribution in [3.8, 4) is 11.4 Å². The summed E-state index contributed by atoms with van der Waals surface area (Å²) in [6.45, 7) is 3.24. The van der Waals surface area contributed by atoms with E-state index in [1.807, 2.05) is 13.1 Å². The summed E-state index contributed by atoms with van der Waals surface area (Å²) in [6.07, 6.45) is 2.33. The van der Waals surface area contributed by atoms with Crippen LogP contribution in [0.2, 0.25) is 0 Å². The zero-order valence-electron chi connectivity index (χ0n) is 13.7. The molecule has 1 N–H and O–H groups in total. The number of pyridine rings is 1. The van der Waals surface area contributed by atoms with Crippen molar-refractivity contribution in [3.05, 3.63) is 42.0 Å². The molecule has 3 aliphatic heterocycles. The molecule has 6 heteroatoms. The normalized spacial score (nSPS) is 25.7. The molecule has 0 unspecified atom stereocenters. The summed E-state index contributed by atoms with van der Waals surface area (Å²) in [7, 11) is 1.81. The predicted octanol–water partition coefficient (Wildman–Crippen LogP) is 2.05. The lowest BCUT2D eigenvalue weighted by Gasteiger charge is -2.44. The van der Waals surface area contributed by atoms with Gasteiger partial charge in [0.1, 0.15) is 5.69 Å². The van der Waals surface area contributed by atoms with E-state index in [0.29, 0.717) is 17.3 Å². The zero-order chi connectivity index (χ0) is 16.7. The molecule has 24 heavy (non-hydrogen) atoms. The second kappa shape index (κ2) is 6.02. The molecular formula is C18H21FN4O. The van der Waals surface area contributed by atoms with Crippen molar-refractivity contribution in [1.82, 2.24) is 19.8 Å². The van der Waals surface area contributed by atoms with Gasteiger partial charge in [0.05, 0.1) is 11.4 Å². The van der Waals surface area contributed by atoms with Gasteiger partial charge >= 0.3 is 0 Å². The van der Waals surface area contributed by atoms with Gasteiger partial charge in [-0.2, -0.15) is 4.39 Å². The molecule has 3 aliphatic rings. The molecule has 2 aromatic heterocycles. The summed E-state index contributed by atoms with van der Waals surface area (Å²) in [5.41, 5.74) is 1.83. The number of hydrogen-bond acceptors (Lipinski definition) is 3. The first-order valence-electron chi connectivity index (χ1n) is 8.43. The van der Waals surface area contributed by atoms with Crippen LogP contribution in [0.5, 0.6) is 0 Å². The predicted molar refractivity (Wildman–Crippen MR) is 89.0 cm³/mol. The van der Waals surface area contributed by atoms with Crippen molar-refractivity contribution in [2.75, 3.05) is 19.6 Å². The van der Waals surface area contributed by atoms with Crippen LogP contribution in [0.1, 0.15) is 23.3 Å². The van der Waals surface area contributed by atoms with Gasteiger partial charge < -0.3 is 14.8 Å². The third kappa shape index (κ3) is 2.71. The second-order valence-electron chi connectivity index (χ2n) is 6.73. The molecule has 5 nitrogen and oxygen atoms in total. The first-order chi connectivity index (χ1) is 11.6. The minimum Gasteiger partial charge on any atom is -0.346 e. The summed E-state index contributed by atoms with van der Waals surface area (Å²) in [4.78, 5) is 19.0. The maximum Gasteiger partial charge on any atom is 0.268 e. The van der Waals surface area contributed by atoms with Crippen LogP contribution in [0.3, 0.4) is 0 Å². The summed E-state index contributed by atoms with van der Waals surface area (Å²) in [5, 5.41) is 3.19. The van der Waals surface area contributed by atoms with Crippen molar-refractivity contribution in [2.24, 2.45) is 13.0 Å². The Balaban J connectivity index is 1.53. The molecule has 0 spiro atoms. The number of rotatable bonds is 3. The van der Waals surface area contributed by atoms with Gasteiger partial charge in [-0.25, -0.2) is 4.98 Å². The van der Waals surface area contributed by atoms with Crippen LogP contribution in [0, 0.1) is 11.9 Å². The molecule has 0 saturated carbocycles. The van der Waals surface area contributed by atoms with Gasteiger partial charge in [-0.1, -0.05) is 6.07 Å². The SMILES string of the molecule is Cn1c(C(=O)N[C@H]2CN3CCC2CC3)ccc1-c1cccc(F)n1. The molecule has 5 heterocycles. The Morgan fingerprint density at radius 3 is 2.71 bits per heavy atom. The van der Waals surface area contributed by atoms with Crippen molar-refractivity contribution in [3.63, 3.8) is 0 Å². The largest absolute Gasteiger partial charge is 0.346 e. The molecule has 3 fully saturated rings. The third-order valence-electron chi connectivity index (χ3n) is 5.30. The maximum absolute atomic E-state index is 13.3. The lowest BCUT2D eigenvalue weighted by molar-refractivity contribution is 0.0616. The van der Waals surface area contributed by atoms with E-state index < -0.39 is 5.95 Å². The van der Waals surface area contributed by atoms with Gasteiger partial charge in [0.2, 0.25) is 5.95 Å². The number of aromatic nitrogens is 2. The minimum atomic E-state index is -0.521. The molecule has 3 saturated heterocycles. The number of amides is 1. The van der Waals surface area contributed by atoms with Crippen LogP contribution in [-0.4, -0.2) is 46.0 Å². The molecule has 0 radical (unpaired) electrons. The number of hydrogen-bond donors (Lipinski definition) is 1. The quantitative estimate of drug-likeness (QED) is 0.878. The fourth-order valence-electron chi connectivity index (χ4n) is 3.92. The molecule has 0 aliphatic carbocycles. The van der Waals surface area contributed by atoms with Gasteiger partial charge in [0, 0.05) is 19.6 Å². The monoisotopic (exact) mass is 328 g/mol. The molecular weight excluding hydrogens is 307 g/mol. The molecule has 1 atom stereocenters. The number of nitrogens with one attached hydrogen (secondary N) is 1. The van der Waals surface area contributed by atoms with E-state index in [0.717, 1.165) is 38.2 Å². The number of carbonyl (C=O) groups is 1. The summed E-state index contributed by atoms with van der Waals surface area (Å²) >= 11 is 0. The lowest BCUT2D eigenvalue weighted by atomic mass is 9.84. The van der Waals surface area contributed by atoms with E-state index in [4.69, 9.17) is 0 Å². The number of fused-ring (bicyclic) bond motifs is 3. The first kappa shape index (κ1) is 15.3. The third-order valence-corrected chi connectivity index (χ3v) is 5.30. The van der Waals surface area contributed by atoms with E-state index >= 15 is 0 Å². The molecule has 1 amide bonds. The second-order valence-corrected chi connectivity index (χ2v) is 6.73. The molecule has 126 valence electrons. The summed E-state index contributed by atoms with van der Waals surface area (Å²) in [6, 6.07) is 8.50. The Morgan fingerprint density at radius 1 is 1.25 bits per heavy atom. The standard InChI is InChI=1S/C18H21FN4O/c1-22-15(13-3-2-4-17(19)20-13)5-6-16(22)18(24)21-14-11-23-9-7-12(14)8-10-23/h2-6,12,14H,7-11H2,1H3,(H,21,24)/t14-/m0/s1. The minimum absolute atomic E-state index is 0.0705. The Labute approximate surface area is 140 Å². The van der Waals surface area contributed by atoms with E-state index in [2.05, 4.69) is 15.2 Å². The average molecular weight is 328 g/mol. The highest BCUT2D eigenvalue weighted by atomic mass is 19.1. The van der Waals surface area contributed by atoms with Crippen molar-refractivity contribution < 1.29 is 9.18 Å². The fraction of sp³-hybridized carbons (Fsp3) is 0.444. The van der Waals surface area contributed by atoms with E-state index in [1.165, 1.54) is 6.07 Å². The van der Waals surface area contributed by atoms with Gasteiger partial charge in [0.25, 0.3) is 5.91 Å². The van der Waals surface area contributed by atoms with Gasteiger partial charge in [-0.15, -0.1) is 0 Å². The maximum atomic E-state index is 13.3. The number of piperidine rings is 3. The van der Waals surface area contributed by atoms with Crippen LogP contribution < -0.4 is 5.32 Å². The van der Waals surface area contributed by atoms with Crippen LogP contribution in [0.4, 0.5) is 4.39 Å². The molecule has 2 bridgehead atoms. The van der Waals surface area contributed by atoms with Crippen LogP contribution in [0.25, 0.3) is 11.4 Å². The van der Waals surface area contributed by atoms with Crippen LogP contribution >= 0.6 is 0 Å². The summed E-state index contributed by atoms with van der Waals surface area (Å²) < 4.78 is 15.1. The van der Waals surface area contributed by atoms with Crippen LogP contribution in [-0.2, 0) is 7.05 Å². The Morgan fingerprint density at radius 2 is 2.04 bits per heavy atom. The van der Waals surface area contributed by atoms with Gasteiger partial charge in [-0.05, 0) is 56.1 Å². The Kier molecular flexibility index (Phi) is 3.84. The van der Waals surface area contributed by atoms with Crippen molar-refractivity contribution >= 4 is 5.91 Å². The number of carbonyl (C=O) groups excluding carboxylic acids is 1. The molecule has 2 aromatic rings. The topological polar surface area (TPSA) is 50.2 Å². The smallest absolute Gasteiger partial charge is 0.268 e. The zero-order valence-corrected chi connectivity index (χ0v) is 13.7. The summed E-state index contributed by atoms with van der Waals surface area (Å²) in [5.74, 6) is -0.00513. The first-order valence-corrected chi connectivity index (χ1v) is 8.43. The average Bonchev–Trinajstić information content (AvgIpc) is 2.97. The van der Waals surface area contributed by atoms with Crippen molar-refractivity contribution in [2.45, 2.75) is 18.9 Å². The highest BCUT2D eigenvalue weighted by Gasteiger charge is 2.35. The Bertz CT molecular complexity index is 764. The fourth-order valence-corrected chi connectivity index (χ4v) is 3.92. The van der Waals surface area contributed by atoms with E-state index in [9.17, 15) is 9.18 Å². The lowest BCUT2D eigenvalue weighted by Crippen LogP contribution is -2.57. The number of nitrogens with zero attached hydrogens (tertiary/aromatic N) is 3. The van der Waals surface area contributed by atoms with E-state index in [1.54, 1.807) is 22.8 Å². The number of halogens is 1. The molecule has 0 aromatic carbocycles. The van der Waals surface area contributed by atoms with E-state index in [-0.39, 0.29) is 11.9 Å².